The van der Waals surface area contributed by atoms with Gasteiger partial charge in [0.1, 0.15) is 0 Å². The van der Waals surface area contributed by atoms with Crippen LogP contribution in [-0.4, -0.2) is 33.9 Å². The smallest absolute Gasteiger partial charge is 0.263 e. The number of benzene rings is 2. The van der Waals surface area contributed by atoms with Crippen LogP contribution in [0, 0.1) is 6.92 Å². The first kappa shape index (κ1) is 20.6. The molecule has 9 nitrogen and oxygen atoms in total. The van der Waals surface area contributed by atoms with Crippen LogP contribution in [0.1, 0.15) is 5.56 Å². The number of hydrogen-bond donors (Lipinski definition) is 2. The second kappa shape index (κ2) is 8.05. The van der Waals surface area contributed by atoms with E-state index in [4.69, 9.17) is 4.74 Å². The predicted octanol–water partition coefficient (Wildman–Crippen LogP) is 2.40. The summed E-state index contributed by atoms with van der Waals surface area (Å²) in [6.45, 7) is 1.85. The molecule has 11 heteroatoms. The first-order valence-electron chi connectivity index (χ1n) is 8.29. The number of methoxy groups -OCH3 is 1. The fourth-order valence-corrected chi connectivity index (χ4v) is 4.43. The molecule has 0 fully saturated rings. The average Bonchev–Trinajstić information content (AvgIpc) is 2.68. The van der Waals surface area contributed by atoms with Crippen molar-refractivity contribution in [2.45, 2.75) is 16.7 Å². The Bertz CT molecular complexity index is 1210. The summed E-state index contributed by atoms with van der Waals surface area (Å²) in [6, 6.07) is 11.6. The molecule has 3 rings (SSSR count). The molecule has 29 heavy (non-hydrogen) atoms. The van der Waals surface area contributed by atoms with Crippen LogP contribution in [0.4, 0.5) is 11.5 Å². The zero-order valence-corrected chi connectivity index (χ0v) is 17.2. The SMILES string of the molecule is COc1nccnc1NS(=O)(=O)c1ccc(NS(=O)(=O)c2ccc(C)cc2)cc1. The molecule has 0 atom stereocenters. The normalized spacial score (nSPS) is 11.7. The Hall–Kier alpha value is -3.18. The molecule has 1 heterocycles. The molecule has 0 amide bonds. The Labute approximate surface area is 168 Å². The minimum Gasteiger partial charge on any atom is -0.478 e. The molecule has 0 bridgehead atoms. The lowest BCUT2D eigenvalue weighted by Gasteiger charge is -2.11. The third-order valence-electron chi connectivity index (χ3n) is 3.84. The second-order valence-electron chi connectivity index (χ2n) is 5.96. The summed E-state index contributed by atoms with van der Waals surface area (Å²) < 4.78 is 59.6. The van der Waals surface area contributed by atoms with Gasteiger partial charge in [0.25, 0.3) is 25.9 Å². The van der Waals surface area contributed by atoms with Crippen LogP contribution in [0.15, 0.2) is 70.7 Å². The minimum absolute atomic E-state index is 0.0264. The first-order chi connectivity index (χ1) is 13.7. The second-order valence-corrected chi connectivity index (χ2v) is 9.33. The highest BCUT2D eigenvalue weighted by Crippen LogP contribution is 2.23. The van der Waals surface area contributed by atoms with Crippen LogP contribution in [-0.2, 0) is 20.0 Å². The van der Waals surface area contributed by atoms with Crippen LogP contribution in [0.5, 0.6) is 5.88 Å². The van der Waals surface area contributed by atoms with E-state index in [0.29, 0.717) is 0 Å². The van der Waals surface area contributed by atoms with Gasteiger partial charge in [0, 0.05) is 18.1 Å². The van der Waals surface area contributed by atoms with E-state index in [1.165, 1.54) is 55.9 Å². The van der Waals surface area contributed by atoms with Gasteiger partial charge in [0.15, 0.2) is 0 Å². The van der Waals surface area contributed by atoms with Crippen LogP contribution >= 0.6 is 0 Å². The van der Waals surface area contributed by atoms with Crippen molar-refractivity contribution >= 4 is 31.6 Å². The molecule has 2 aromatic carbocycles. The molecule has 0 aliphatic carbocycles. The third kappa shape index (κ3) is 4.81. The number of aromatic nitrogens is 2. The molecule has 0 spiro atoms. The molecular formula is C18H18N4O5S2. The summed E-state index contributed by atoms with van der Waals surface area (Å²) >= 11 is 0. The monoisotopic (exact) mass is 434 g/mol. The summed E-state index contributed by atoms with van der Waals surface area (Å²) in [5.41, 5.74) is 1.16. The standard InChI is InChI=1S/C18H18N4O5S2/c1-13-3-7-15(8-4-13)28(23,24)21-14-5-9-16(10-6-14)29(25,26)22-17-18(27-2)20-12-11-19-17/h3-12,21H,1-2H3,(H,19,22). The van der Waals surface area contributed by atoms with E-state index in [0.717, 1.165) is 5.56 Å². The molecule has 0 aliphatic heterocycles. The number of aryl methyl sites for hydroxylation is 1. The fourth-order valence-electron chi connectivity index (χ4n) is 2.36. The largest absolute Gasteiger partial charge is 0.478 e. The van der Waals surface area contributed by atoms with E-state index in [1.807, 2.05) is 6.92 Å². The number of nitrogens with zero attached hydrogens (tertiary/aromatic N) is 2. The van der Waals surface area contributed by atoms with Crippen molar-refractivity contribution in [2.75, 3.05) is 16.6 Å². The maximum atomic E-state index is 12.5. The van der Waals surface area contributed by atoms with E-state index in [-0.39, 0.29) is 27.2 Å². The zero-order valence-electron chi connectivity index (χ0n) is 15.5. The molecule has 2 N–H and O–H groups in total. The fraction of sp³-hybridized carbons (Fsp3) is 0.111. The third-order valence-corrected chi connectivity index (χ3v) is 6.59. The lowest BCUT2D eigenvalue weighted by Crippen LogP contribution is -2.16. The molecule has 0 saturated carbocycles. The Balaban J connectivity index is 1.79. The predicted molar refractivity (Wildman–Crippen MR) is 108 cm³/mol. The van der Waals surface area contributed by atoms with Crippen molar-refractivity contribution in [3.63, 3.8) is 0 Å². The topological polar surface area (TPSA) is 127 Å². The van der Waals surface area contributed by atoms with Crippen molar-refractivity contribution in [3.8, 4) is 5.88 Å². The van der Waals surface area contributed by atoms with Crippen LogP contribution in [0.25, 0.3) is 0 Å². The summed E-state index contributed by atoms with van der Waals surface area (Å²) in [6.07, 6.45) is 2.69. The van der Waals surface area contributed by atoms with E-state index in [1.54, 1.807) is 12.1 Å². The van der Waals surface area contributed by atoms with Gasteiger partial charge in [-0.1, -0.05) is 17.7 Å². The van der Waals surface area contributed by atoms with Crippen molar-refractivity contribution in [1.29, 1.82) is 0 Å². The Morgan fingerprint density at radius 2 is 1.28 bits per heavy atom. The lowest BCUT2D eigenvalue weighted by molar-refractivity contribution is 0.398. The van der Waals surface area contributed by atoms with Gasteiger partial charge in [-0.05, 0) is 43.3 Å². The van der Waals surface area contributed by atoms with E-state index < -0.39 is 20.0 Å². The highest BCUT2D eigenvalue weighted by molar-refractivity contribution is 7.93. The van der Waals surface area contributed by atoms with Crippen molar-refractivity contribution in [1.82, 2.24) is 9.97 Å². The zero-order chi connectivity index (χ0) is 21.1. The van der Waals surface area contributed by atoms with Gasteiger partial charge in [-0.15, -0.1) is 0 Å². The van der Waals surface area contributed by atoms with E-state index >= 15 is 0 Å². The maximum Gasteiger partial charge on any atom is 0.263 e. The summed E-state index contributed by atoms with van der Waals surface area (Å²) in [5.74, 6) is -0.0299. The molecular weight excluding hydrogens is 416 g/mol. The molecule has 1 aromatic heterocycles. The summed E-state index contributed by atoms with van der Waals surface area (Å²) in [7, 11) is -6.41. The van der Waals surface area contributed by atoms with Gasteiger partial charge in [-0.3, -0.25) is 9.44 Å². The number of ether oxygens (including phenoxy) is 1. The molecule has 0 aliphatic rings. The van der Waals surface area contributed by atoms with Gasteiger partial charge in [0.2, 0.25) is 5.82 Å². The quantitative estimate of drug-likeness (QED) is 0.584. The molecule has 0 saturated heterocycles. The molecule has 0 unspecified atom stereocenters. The van der Waals surface area contributed by atoms with Crippen LogP contribution in [0.2, 0.25) is 0 Å². The minimum atomic E-state index is -3.97. The lowest BCUT2D eigenvalue weighted by atomic mass is 10.2. The number of sulfonamides is 2. The number of hydrogen-bond acceptors (Lipinski definition) is 7. The first-order valence-corrected chi connectivity index (χ1v) is 11.3. The number of anilines is 2. The van der Waals surface area contributed by atoms with Crippen LogP contribution < -0.4 is 14.2 Å². The Morgan fingerprint density at radius 3 is 1.86 bits per heavy atom. The van der Waals surface area contributed by atoms with E-state index in [2.05, 4.69) is 19.4 Å². The molecule has 3 aromatic rings. The summed E-state index contributed by atoms with van der Waals surface area (Å²) in [4.78, 5) is 7.80. The Morgan fingerprint density at radius 1 is 0.759 bits per heavy atom. The maximum absolute atomic E-state index is 12.5. The van der Waals surface area contributed by atoms with E-state index in [9.17, 15) is 16.8 Å². The highest BCUT2D eigenvalue weighted by Gasteiger charge is 2.19. The number of rotatable bonds is 7. The Kier molecular flexibility index (Phi) is 5.71. The van der Waals surface area contributed by atoms with Crippen molar-refractivity contribution < 1.29 is 21.6 Å². The van der Waals surface area contributed by atoms with Crippen molar-refractivity contribution in [3.05, 3.63) is 66.5 Å². The number of nitrogens with one attached hydrogen (secondary N) is 2. The van der Waals surface area contributed by atoms with Gasteiger partial charge in [-0.2, -0.15) is 0 Å². The highest BCUT2D eigenvalue weighted by atomic mass is 32.2. The van der Waals surface area contributed by atoms with Gasteiger partial charge in [0.05, 0.1) is 16.9 Å². The average molecular weight is 434 g/mol. The van der Waals surface area contributed by atoms with Crippen molar-refractivity contribution in [2.24, 2.45) is 0 Å². The van der Waals surface area contributed by atoms with Crippen LogP contribution in [0.3, 0.4) is 0 Å². The summed E-state index contributed by atoms with van der Waals surface area (Å²) in [5, 5.41) is 0. The van der Waals surface area contributed by atoms with Gasteiger partial charge in [-0.25, -0.2) is 26.8 Å². The van der Waals surface area contributed by atoms with Gasteiger partial charge >= 0.3 is 0 Å². The molecule has 152 valence electrons. The molecule has 0 radical (unpaired) electrons. The van der Waals surface area contributed by atoms with Gasteiger partial charge < -0.3 is 4.74 Å².